The van der Waals surface area contributed by atoms with Gasteiger partial charge in [-0.3, -0.25) is 4.90 Å². The minimum Gasteiger partial charge on any atom is -0.314 e. The minimum absolute atomic E-state index is 0.774. The second-order valence-corrected chi connectivity index (χ2v) is 7.73. The monoisotopic (exact) mass is 292 g/mol. The minimum atomic E-state index is 0.774. The molecule has 1 N–H and O–H groups in total. The van der Waals surface area contributed by atoms with Gasteiger partial charge in [-0.1, -0.05) is 44.3 Å². The second kappa shape index (κ2) is 8.95. The predicted molar refractivity (Wildman–Crippen MR) is 92.6 cm³/mol. The lowest BCUT2D eigenvalue weighted by Crippen LogP contribution is -2.43. The van der Waals surface area contributed by atoms with E-state index in [1.54, 1.807) is 0 Å². The summed E-state index contributed by atoms with van der Waals surface area (Å²) < 4.78 is 0. The molecule has 2 aliphatic rings. The van der Waals surface area contributed by atoms with E-state index in [2.05, 4.69) is 37.1 Å². The van der Waals surface area contributed by atoms with Crippen molar-refractivity contribution in [1.29, 1.82) is 0 Å². The van der Waals surface area contributed by atoms with Crippen LogP contribution >= 0.6 is 0 Å². The van der Waals surface area contributed by atoms with Crippen LogP contribution in [0.2, 0.25) is 0 Å². The molecule has 0 aromatic carbocycles. The maximum absolute atomic E-state index is 3.82. The van der Waals surface area contributed by atoms with Crippen molar-refractivity contribution in [3.05, 3.63) is 11.6 Å². The highest BCUT2D eigenvalue weighted by Crippen LogP contribution is 2.30. The number of hydrogen-bond acceptors (Lipinski definition) is 2. The van der Waals surface area contributed by atoms with Gasteiger partial charge in [0.2, 0.25) is 0 Å². The van der Waals surface area contributed by atoms with Gasteiger partial charge >= 0.3 is 0 Å². The summed E-state index contributed by atoms with van der Waals surface area (Å²) in [6.07, 6.45) is 12.3. The summed E-state index contributed by atoms with van der Waals surface area (Å²) in [4.78, 5) is 2.59. The molecule has 0 bridgehead atoms. The van der Waals surface area contributed by atoms with Crippen LogP contribution in [0, 0.1) is 11.8 Å². The quantitative estimate of drug-likeness (QED) is 0.737. The molecule has 2 heteroatoms. The first-order valence-electron chi connectivity index (χ1n) is 9.22. The van der Waals surface area contributed by atoms with Crippen molar-refractivity contribution in [2.24, 2.45) is 11.8 Å². The maximum Gasteiger partial charge on any atom is 0.0165 e. The zero-order valence-electron chi connectivity index (χ0n) is 14.5. The molecule has 0 unspecified atom stereocenters. The van der Waals surface area contributed by atoms with Gasteiger partial charge in [0.05, 0.1) is 0 Å². The van der Waals surface area contributed by atoms with Crippen molar-refractivity contribution in [3.8, 4) is 0 Å². The molecule has 2 nitrogen and oxygen atoms in total. The topological polar surface area (TPSA) is 15.3 Å². The Kier molecular flexibility index (Phi) is 7.25. The van der Waals surface area contributed by atoms with Crippen LogP contribution in [-0.2, 0) is 0 Å². The third-order valence-electron chi connectivity index (χ3n) is 5.47. The number of allylic oxidation sites excluding steroid dienone is 1. The molecule has 0 atom stereocenters. The van der Waals surface area contributed by atoms with E-state index in [9.17, 15) is 0 Å². The Labute approximate surface area is 132 Å². The van der Waals surface area contributed by atoms with Crippen LogP contribution in [0.3, 0.4) is 0 Å². The van der Waals surface area contributed by atoms with Crippen molar-refractivity contribution in [3.63, 3.8) is 0 Å². The fourth-order valence-electron chi connectivity index (χ4n) is 3.74. The van der Waals surface area contributed by atoms with Gasteiger partial charge in [-0.25, -0.2) is 0 Å². The molecule has 2 rings (SSSR count). The number of hydrogen-bond donors (Lipinski definition) is 1. The first kappa shape index (κ1) is 17.0. The smallest absolute Gasteiger partial charge is 0.0165 e. The van der Waals surface area contributed by atoms with Crippen LogP contribution in [0.15, 0.2) is 11.6 Å². The van der Waals surface area contributed by atoms with Gasteiger partial charge in [0.15, 0.2) is 0 Å². The van der Waals surface area contributed by atoms with Gasteiger partial charge in [-0.15, -0.1) is 0 Å². The summed E-state index contributed by atoms with van der Waals surface area (Å²) in [5.74, 6) is 1.99. The second-order valence-electron chi connectivity index (χ2n) is 7.73. The van der Waals surface area contributed by atoms with E-state index >= 15 is 0 Å². The molecule has 1 aliphatic carbocycles. The highest BCUT2D eigenvalue weighted by molar-refractivity contribution is 4.95. The molecule has 1 aliphatic heterocycles. The fraction of sp³-hybridized carbons (Fsp3) is 0.895. The molecule has 122 valence electrons. The summed E-state index contributed by atoms with van der Waals surface area (Å²) in [6, 6.07) is 0.774. The third kappa shape index (κ3) is 6.52. The zero-order chi connectivity index (χ0) is 15.1. The van der Waals surface area contributed by atoms with Crippen LogP contribution in [0.1, 0.15) is 65.7 Å². The Morgan fingerprint density at radius 3 is 2.33 bits per heavy atom. The molecule has 2 fully saturated rings. The van der Waals surface area contributed by atoms with Gasteiger partial charge in [-0.05, 0) is 64.6 Å². The van der Waals surface area contributed by atoms with Crippen LogP contribution < -0.4 is 5.32 Å². The van der Waals surface area contributed by atoms with Crippen LogP contribution in [0.4, 0.5) is 0 Å². The molecule has 1 saturated carbocycles. The summed E-state index contributed by atoms with van der Waals surface area (Å²) in [5, 5.41) is 3.82. The fourth-order valence-corrected chi connectivity index (χ4v) is 3.74. The predicted octanol–water partition coefficient (Wildman–Crippen LogP) is 4.22. The van der Waals surface area contributed by atoms with E-state index in [1.165, 1.54) is 70.2 Å². The average molecular weight is 293 g/mol. The summed E-state index contributed by atoms with van der Waals surface area (Å²) in [7, 11) is 0. The first-order chi connectivity index (χ1) is 10.1. The molecule has 0 radical (unpaired) electrons. The molecule has 0 amide bonds. The van der Waals surface area contributed by atoms with Gasteiger partial charge in [0.25, 0.3) is 0 Å². The Bertz CT molecular complexity index is 304. The number of nitrogens with one attached hydrogen (secondary N) is 1. The highest BCUT2D eigenvalue weighted by atomic mass is 15.1. The van der Waals surface area contributed by atoms with E-state index in [1.807, 2.05) is 0 Å². The molecule has 1 saturated heterocycles. The Balaban J connectivity index is 1.54. The standard InChI is InChI=1S/C19H36N2/c1-16(2)9-13-21-14-10-19(11-15-21)20-12-8-18-6-4-17(3)5-7-18/h9,17-20H,4-8,10-15H2,1-3H3. The summed E-state index contributed by atoms with van der Waals surface area (Å²) in [6.45, 7) is 11.7. The third-order valence-corrected chi connectivity index (χ3v) is 5.47. The average Bonchev–Trinajstić information content (AvgIpc) is 2.48. The van der Waals surface area contributed by atoms with Crippen LogP contribution in [0.25, 0.3) is 0 Å². The number of likely N-dealkylation sites (tertiary alicyclic amines) is 1. The van der Waals surface area contributed by atoms with Crippen LogP contribution in [-0.4, -0.2) is 37.1 Å². The van der Waals surface area contributed by atoms with Gasteiger partial charge in [0.1, 0.15) is 0 Å². The molecule has 21 heavy (non-hydrogen) atoms. The maximum atomic E-state index is 3.82. The van der Waals surface area contributed by atoms with E-state index < -0.39 is 0 Å². The van der Waals surface area contributed by atoms with Crippen molar-refractivity contribution < 1.29 is 0 Å². The van der Waals surface area contributed by atoms with Gasteiger partial charge in [-0.2, -0.15) is 0 Å². The molecule has 0 aromatic rings. The van der Waals surface area contributed by atoms with Crippen molar-refractivity contribution >= 4 is 0 Å². The lowest BCUT2D eigenvalue weighted by molar-refractivity contribution is 0.209. The molecule has 1 heterocycles. The van der Waals surface area contributed by atoms with Crippen molar-refractivity contribution in [1.82, 2.24) is 10.2 Å². The number of piperidine rings is 1. The van der Waals surface area contributed by atoms with E-state index in [0.29, 0.717) is 0 Å². The van der Waals surface area contributed by atoms with E-state index in [4.69, 9.17) is 0 Å². The summed E-state index contributed by atoms with van der Waals surface area (Å²) in [5.41, 5.74) is 1.44. The zero-order valence-corrected chi connectivity index (χ0v) is 14.5. The molecular formula is C19H36N2. The normalized spacial score (nSPS) is 28.5. The first-order valence-corrected chi connectivity index (χ1v) is 9.22. The molecule has 0 aromatic heterocycles. The van der Waals surface area contributed by atoms with Crippen LogP contribution in [0.5, 0.6) is 0 Å². The number of rotatable bonds is 6. The Morgan fingerprint density at radius 1 is 1.05 bits per heavy atom. The lowest BCUT2D eigenvalue weighted by Gasteiger charge is -2.32. The lowest BCUT2D eigenvalue weighted by atomic mass is 9.81. The van der Waals surface area contributed by atoms with Crippen molar-refractivity contribution in [2.45, 2.75) is 71.8 Å². The van der Waals surface area contributed by atoms with E-state index in [-0.39, 0.29) is 0 Å². The van der Waals surface area contributed by atoms with Gasteiger partial charge < -0.3 is 5.32 Å². The highest BCUT2D eigenvalue weighted by Gasteiger charge is 2.20. The van der Waals surface area contributed by atoms with E-state index in [0.717, 1.165) is 24.4 Å². The molecule has 0 spiro atoms. The van der Waals surface area contributed by atoms with Gasteiger partial charge in [0, 0.05) is 12.6 Å². The largest absolute Gasteiger partial charge is 0.314 e. The summed E-state index contributed by atoms with van der Waals surface area (Å²) >= 11 is 0. The Hall–Kier alpha value is -0.340. The number of nitrogens with zero attached hydrogens (tertiary/aromatic N) is 1. The Morgan fingerprint density at radius 2 is 1.71 bits per heavy atom. The van der Waals surface area contributed by atoms with Crippen molar-refractivity contribution in [2.75, 3.05) is 26.2 Å². The SMILES string of the molecule is CC(C)=CCN1CCC(NCCC2CCC(C)CC2)CC1. The molecular weight excluding hydrogens is 256 g/mol.